The molecule has 1 saturated carbocycles. The van der Waals surface area contributed by atoms with Crippen molar-refractivity contribution in [3.63, 3.8) is 0 Å². The Labute approximate surface area is 182 Å². The number of carbonyl (C=O) groups is 4. The quantitative estimate of drug-likeness (QED) is 0.348. The molecule has 0 radical (unpaired) electrons. The number of hydrogen-bond donors (Lipinski definition) is 3. The van der Waals surface area contributed by atoms with E-state index in [1.807, 2.05) is 0 Å². The maximum absolute atomic E-state index is 13.2. The molecule has 3 rings (SSSR count). The van der Waals surface area contributed by atoms with Gasteiger partial charge in [0.05, 0.1) is 0 Å². The lowest BCUT2D eigenvalue weighted by molar-refractivity contribution is -0.153. The molecular formula is C23H30N4O4. The van der Waals surface area contributed by atoms with Crippen LogP contribution in [0.5, 0.6) is 0 Å². The fourth-order valence-corrected chi connectivity index (χ4v) is 4.51. The molecule has 0 unspecified atom stereocenters. The monoisotopic (exact) mass is 426 g/mol. The minimum Gasteiger partial charge on any atom is -0.384 e. The molecule has 1 aromatic carbocycles. The highest BCUT2D eigenvalue weighted by Gasteiger charge is 2.43. The number of amides is 3. The van der Waals surface area contributed by atoms with E-state index >= 15 is 0 Å². The van der Waals surface area contributed by atoms with E-state index in [9.17, 15) is 19.2 Å². The Morgan fingerprint density at radius 2 is 1.68 bits per heavy atom. The van der Waals surface area contributed by atoms with E-state index in [-0.39, 0.29) is 41.3 Å². The Morgan fingerprint density at radius 3 is 2.19 bits per heavy atom. The number of Topliss-reactive ketones (excluding diaryl/α,β-unsaturated/α-hetero) is 1. The molecule has 1 aliphatic carbocycles. The number of amidine groups is 1. The summed E-state index contributed by atoms with van der Waals surface area (Å²) in [6, 6.07) is 5.38. The number of nitrogens with zero attached hydrogens (tertiary/aromatic N) is 1. The second kappa shape index (κ2) is 9.85. The van der Waals surface area contributed by atoms with Crippen LogP contribution in [0.2, 0.25) is 0 Å². The number of likely N-dealkylation sites (tertiary alicyclic amines) is 1. The van der Waals surface area contributed by atoms with Gasteiger partial charge in [-0.05, 0) is 44.2 Å². The van der Waals surface area contributed by atoms with E-state index in [0.29, 0.717) is 18.5 Å². The van der Waals surface area contributed by atoms with Crippen molar-refractivity contribution in [2.45, 2.75) is 57.9 Å². The summed E-state index contributed by atoms with van der Waals surface area (Å²) in [5.41, 5.74) is 6.16. The zero-order valence-electron chi connectivity index (χ0n) is 17.9. The Morgan fingerprint density at radius 1 is 1.06 bits per heavy atom. The fraction of sp³-hybridized carbons (Fsp3) is 0.522. The second-order valence-corrected chi connectivity index (χ2v) is 8.56. The molecule has 2 atom stereocenters. The van der Waals surface area contributed by atoms with Gasteiger partial charge < -0.3 is 15.4 Å². The first kappa shape index (κ1) is 22.7. The number of imide groups is 1. The van der Waals surface area contributed by atoms with Gasteiger partial charge in [0.1, 0.15) is 17.7 Å². The van der Waals surface area contributed by atoms with Gasteiger partial charge in [-0.15, -0.1) is 0 Å². The summed E-state index contributed by atoms with van der Waals surface area (Å²) in [5, 5.41) is 9.76. The Balaban J connectivity index is 1.63. The minimum absolute atomic E-state index is 0.0189. The van der Waals surface area contributed by atoms with E-state index in [1.165, 1.54) is 36.1 Å². The number of ketones is 1. The summed E-state index contributed by atoms with van der Waals surface area (Å²) >= 11 is 0. The van der Waals surface area contributed by atoms with Crippen molar-refractivity contribution >= 4 is 29.3 Å². The predicted molar refractivity (Wildman–Crippen MR) is 115 cm³/mol. The van der Waals surface area contributed by atoms with Crippen molar-refractivity contribution in [3.05, 3.63) is 35.4 Å². The average Bonchev–Trinajstić information content (AvgIpc) is 2.71. The van der Waals surface area contributed by atoms with Gasteiger partial charge in [-0.2, -0.15) is 0 Å². The van der Waals surface area contributed by atoms with Crippen molar-refractivity contribution in [2.75, 3.05) is 6.54 Å². The molecule has 31 heavy (non-hydrogen) atoms. The van der Waals surface area contributed by atoms with Gasteiger partial charge in [0.25, 0.3) is 5.91 Å². The first-order valence-electron chi connectivity index (χ1n) is 10.9. The smallest absolute Gasteiger partial charge is 0.257 e. The van der Waals surface area contributed by atoms with Crippen LogP contribution in [0.3, 0.4) is 0 Å². The Bertz CT molecular complexity index is 874. The minimum atomic E-state index is -0.689. The molecule has 8 heteroatoms. The SMILES string of the molecule is CC(=O)C[C@@H](C(=O)N1CC[C@H]1C(=O)NC(=O)c1ccc(C(=N)N)cc1)C1CCCCC1. The lowest BCUT2D eigenvalue weighted by atomic mass is 9.76. The second-order valence-electron chi connectivity index (χ2n) is 8.56. The van der Waals surface area contributed by atoms with Crippen LogP contribution in [0.1, 0.15) is 67.8 Å². The van der Waals surface area contributed by atoms with Gasteiger partial charge in [0.2, 0.25) is 11.8 Å². The molecule has 1 aromatic rings. The van der Waals surface area contributed by atoms with Gasteiger partial charge in [-0.3, -0.25) is 25.1 Å². The zero-order valence-corrected chi connectivity index (χ0v) is 17.9. The third kappa shape index (κ3) is 5.37. The van der Waals surface area contributed by atoms with Crippen LogP contribution in [-0.4, -0.2) is 46.8 Å². The fourth-order valence-electron chi connectivity index (χ4n) is 4.51. The molecule has 1 heterocycles. The van der Waals surface area contributed by atoms with Crippen molar-refractivity contribution in [1.82, 2.24) is 10.2 Å². The van der Waals surface area contributed by atoms with Crippen LogP contribution in [0.25, 0.3) is 0 Å². The first-order valence-corrected chi connectivity index (χ1v) is 10.9. The highest BCUT2D eigenvalue weighted by molar-refractivity contribution is 6.07. The number of nitrogen functional groups attached to an aromatic ring is 1. The highest BCUT2D eigenvalue weighted by Crippen LogP contribution is 2.35. The third-order valence-electron chi connectivity index (χ3n) is 6.34. The first-order chi connectivity index (χ1) is 14.8. The lowest BCUT2D eigenvalue weighted by Crippen LogP contribution is -2.60. The third-order valence-corrected chi connectivity index (χ3v) is 6.34. The molecule has 3 amide bonds. The zero-order chi connectivity index (χ0) is 22.5. The summed E-state index contributed by atoms with van der Waals surface area (Å²) in [6.45, 7) is 1.96. The molecular weight excluding hydrogens is 396 g/mol. The number of rotatable bonds is 7. The van der Waals surface area contributed by atoms with E-state index in [1.54, 1.807) is 0 Å². The van der Waals surface area contributed by atoms with Crippen LogP contribution >= 0.6 is 0 Å². The number of carbonyl (C=O) groups excluding carboxylic acids is 4. The molecule has 8 nitrogen and oxygen atoms in total. The molecule has 1 saturated heterocycles. The van der Waals surface area contributed by atoms with E-state index in [2.05, 4.69) is 5.32 Å². The summed E-state index contributed by atoms with van der Waals surface area (Å²) in [7, 11) is 0. The molecule has 2 aliphatic rings. The number of nitrogens with two attached hydrogens (primary N) is 1. The van der Waals surface area contributed by atoms with Gasteiger partial charge in [0, 0.05) is 30.0 Å². The molecule has 1 aliphatic heterocycles. The molecule has 4 N–H and O–H groups in total. The van der Waals surface area contributed by atoms with Crippen LogP contribution in [0.4, 0.5) is 0 Å². The summed E-state index contributed by atoms with van der Waals surface area (Å²) < 4.78 is 0. The van der Waals surface area contributed by atoms with Crippen LogP contribution in [-0.2, 0) is 14.4 Å². The molecule has 2 fully saturated rings. The van der Waals surface area contributed by atoms with Gasteiger partial charge >= 0.3 is 0 Å². The number of hydrogen-bond acceptors (Lipinski definition) is 5. The number of benzene rings is 1. The van der Waals surface area contributed by atoms with Gasteiger partial charge in [-0.1, -0.05) is 31.4 Å². The Kier molecular flexibility index (Phi) is 7.20. The maximum atomic E-state index is 13.2. The van der Waals surface area contributed by atoms with E-state index < -0.39 is 17.9 Å². The van der Waals surface area contributed by atoms with Crippen molar-refractivity contribution in [3.8, 4) is 0 Å². The van der Waals surface area contributed by atoms with Crippen molar-refractivity contribution < 1.29 is 19.2 Å². The summed E-state index contributed by atoms with van der Waals surface area (Å²) in [4.78, 5) is 51.6. The van der Waals surface area contributed by atoms with Crippen LogP contribution in [0, 0.1) is 17.2 Å². The molecule has 166 valence electrons. The standard InChI is InChI=1S/C23H30N4O4/c1-14(28)13-18(15-5-3-2-4-6-15)23(31)27-12-11-19(27)22(30)26-21(29)17-9-7-16(8-10-17)20(24)25/h7-10,15,18-19H,2-6,11-13H2,1H3,(H3,24,25)(H,26,29,30)/t18-,19+/m1/s1. The average molecular weight is 427 g/mol. The number of nitrogens with one attached hydrogen (secondary N) is 2. The molecule has 0 spiro atoms. The Hall–Kier alpha value is -3.03. The highest BCUT2D eigenvalue weighted by atomic mass is 16.2. The van der Waals surface area contributed by atoms with Crippen LogP contribution < -0.4 is 11.1 Å². The largest absolute Gasteiger partial charge is 0.384 e. The lowest BCUT2D eigenvalue weighted by Gasteiger charge is -2.43. The topological polar surface area (TPSA) is 133 Å². The maximum Gasteiger partial charge on any atom is 0.257 e. The van der Waals surface area contributed by atoms with Gasteiger partial charge in [-0.25, -0.2) is 0 Å². The summed E-state index contributed by atoms with van der Waals surface area (Å²) in [6.07, 6.45) is 5.84. The van der Waals surface area contributed by atoms with Gasteiger partial charge in [0.15, 0.2) is 0 Å². The normalized spacial score (nSPS) is 19.8. The van der Waals surface area contributed by atoms with Crippen LogP contribution in [0.15, 0.2) is 24.3 Å². The van der Waals surface area contributed by atoms with Crippen molar-refractivity contribution in [1.29, 1.82) is 5.41 Å². The molecule has 0 aromatic heterocycles. The van der Waals surface area contributed by atoms with E-state index in [0.717, 1.165) is 32.1 Å². The predicted octanol–water partition coefficient (Wildman–Crippen LogP) is 2.00. The van der Waals surface area contributed by atoms with E-state index in [4.69, 9.17) is 11.1 Å². The molecule has 0 bridgehead atoms. The van der Waals surface area contributed by atoms with Crippen molar-refractivity contribution in [2.24, 2.45) is 17.6 Å². The summed E-state index contributed by atoms with van der Waals surface area (Å²) in [5.74, 6) is -1.55.